The third-order valence-electron chi connectivity index (χ3n) is 3.13. The van der Waals surface area contributed by atoms with Gasteiger partial charge in [0.2, 0.25) is 12.1 Å². The van der Waals surface area contributed by atoms with Gasteiger partial charge in [0.15, 0.2) is 16.9 Å². The number of anilines is 1. The number of halogens is 1. The highest BCUT2D eigenvalue weighted by atomic mass is 35.5. The molecule has 0 spiro atoms. The molecule has 2 atom stereocenters. The third kappa shape index (κ3) is 5.63. The molecule has 1 saturated heterocycles. The maximum Gasteiger partial charge on any atom is 0.304 e. The van der Waals surface area contributed by atoms with Crippen LogP contribution >= 0.6 is 22.9 Å². The number of carbonyl (C=O) groups is 4. The molecule has 1 fully saturated rings. The van der Waals surface area contributed by atoms with E-state index in [0.717, 1.165) is 11.3 Å². The Bertz CT molecular complexity index is 811. The Morgan fingerprint density at radius 1 is 1.43 bits per heavy atom. The molecule has 0 aromatic carbocycles. The zero-order valence-corrected chi connectivity index (χ0v) is 16.7. The number of esters is 1. The highest BCUT2D eigenvalue weighted by molar-refractivity contribution is 7.14. The first-order valence-electron chi connectivity index (χ1n) is 8.05. The Kier molecular flexibility index (Phi) is 7.29. The van der Waals surface area contributed by atoms with Crippen molar-refractivity contribution in [2.45, 2.75) is 39.1 Å². The number of hydrogen-bond acceptors (Lipinski definition) is 9. The van der Waals surface area contributed by atoms with Crippen molar-refractivity contribution in [3.8, 4) is 0 Å². The van der Waals surface area contributed by atoms with Gasteiger partial charge in [-0.15, -0.1) is 22.9 Å². The Morgan fingerprint density at radius 2 is 2.14 bits per heavy atom. The molecule has 2 rings (SSSR count). The van der Waals surface area contributed by atoms with Gasteiger partial charge in [-0.05, 0) is 13.8 Å². The number of β-lactam (4-membered cyclic amide) rings is 1. The van der Waals surface area contributed by atoms with Gasteiger partial charge in [-0.1, -0.05) is 5.16 Å². The predicted octanol–water partition coefficient (Wildman–Crippen LogP) is -0.0467. The van der Waals surface area contributed by atoms with E-state index in [1.807, 2.05) is 0 Å². The van der Waals surface area contributed by atoms with E-state index in [0.29, 0.717) is 0 Å². The van der Waals surface area contributed by atoms with E-state index in [9.17, 15) is 19.2 Å². The molecule has 11 nitrogen and oxygen atoms in total. The fraction of sp³-hybridized carbons (Fsp3) is 0.467. The van der Waals surface area contributed by atoms with Crippen LogP contribution in [0.15, 0.2) is 10.5 Å². The highest BCUT2D eigenvalue weighted by Crippen LogP contribution is 2.17. The van der Waals surface area contributed by atoms with Crippen LogP contribution in [0.25, 0.3) is 0 Å². The highest BCUT2D eigenvalue weighted by Gasteiger charge is 2.43. The van der Waals surface area contributed by atoms with Crippen LogP contribution in [0.5, 0.6) is 0 Å². The number of nitrogens with one attached hydrogen (secondary N) is 3. The molecule has 2 heterocycles. The number of aromatic nitrogens is 1. The summed E-state index contributed by atoms with van der Waals surface area (Å²) in [4.78, 5) is 56.0. The normalized spacial score (nSPS) is 18.8. The summed E-state index contributed by atoms with van der Waals surface area (Å²) in [7, 11) is 0. The van der Waals surface area contributed by atoms with Gasteiger partial charge < -0.3 is 25.5 Å². The molecule has 0 radical (unpaired) electrons. The largest absolute Gasteiger partial charge is 0.439 e. The molecule has 3 amide bonds. The average Bonchev–Trinajstić information content (AvgIpc) is 3.06. The summed E-state index contributed by atoms with van der Waals surface area (Å²) in [5.74, 6) is -2.60. The van der Waals surface area contributed by atoms with Crippen LogP contribution in [0.4, 0.5) is 5.13 Å². The molecule has 1 aromatic rings. The first-order valence-corrected chi connectivity index (χ1v) is 9.46. The quantitative estimate of drug-likeness (QED) is 0.172. The number of nitrogens with zero attached hydrogens (tertiary/aromatic N) is 2. The molecule has 28 heavy (non-hydrogen) atoms. The lowest BCUT2D eigenvalue weighted by molar-refractivity contribution is -0.163. The predicted molar refractivity (Wildman–Crippen MR) is 99.8 cm³/mol. The van der Waals surface area contributed by atoms with Gasteiger partial charge in [0.1, 0.15) is 17.7 Å². The van der Waals surface area contributed by atoms with E-state index in [4.69, 9.17) is 21.2 Å². The summed E-state index contributed by atoms with van der Waals surface area (Å²) in [5.41, 5.74) is -0.0885. The Morgan fingerprint density at radius 3 is 2.71 bits per heavy atom. The maximum absolute atomic E-state index is 12.6. The van der Waals surface area contributed by atoms with Gasteiger partial charge in [0.05, 0.1) is 0 Å². The smallest absolute Gasteiger partial charge is 0.304 e. The maximum atomic E-state index is 12.6. The second kappa shape index (κ2) is 9.46. The number of rotatable bonds is 8. The van der Waals surface area contributed by atoms with Crippen LogP contribution in [0.3, 0.4) is 0 Å². The van der Waals surface area contributed by atoms with E-state index >= 15 is 0 Å². The lowest BCUT2D eigenvalue weighted by Crippen LogP contribution is -2.70. The molecule has 0 bridgehead atoms. The summed E-state index contributed by atoms with van der Waals surface area (Å²) < 4.78 is 4.88. The second-order valence-corrected chi connectivity index (χ2v) is 6.93. The van der Waals surface area contributed by atoms with Crippen molar-refractivity contribution in [2.24, 2.45) is 5.16 Å². The molecule has 3 N–H and O–H groups in total. The number of thiazole rings is 1. The second-order valence-electron chi connectivity index (χ2n) is 5.80. The Balaban J connectivity index is 2.17. The number of amides is 3. The van der Waals surface area contributed by atoms with Crippen LogP contribution in [0, 0.1) is 0 Å². The minimum Gasteiger partial charge on any atom is -0.439 e. The van der Waals surface area contributed by atoms with Crippen LogP contribution in [0.1, 0.15) is 26.5 Å². The van der Waals surface area contributed by atoms with E-state index < -0.39 is 36.0 Å². The van der Waals surface area contributed by atoms with E-state index in [1.54, 1.807) is 13.8 Å². The molecular weight excluding hydrogens is 414 g/mol. The van der Waals surface area contributed by atoms with Crippen molar-refractivity contribution >= 4 is 57.5 Å². The summed E-state index contributed by atoms with van der Waals surface area (Å²) >= 11 is 6.49. The van der Waals surface area contributed by atoms with Crippen LogP contribution in [0.2, 0.25) is 0 Å². The van der Waals surface area contributed by atoms with Crippen LogP contribution in [-0.4, -0.2) is 58.6 Å². The number of carbonyl (C=O) groups excluding carboxylic acids is 4. The summed E-state index contributed by atoms with van der Waals surface area (Å²) in [6.07, 6.45) is -1.30. The van der Waals surface area contributed by atoms with Gasteiger partial charge in [-0.25, -0.2) is 4.98 Å². The van der Waals surface area contributed by atoms with Crippen molar-refractivity contribution in [2.75, 3.05) is 11.2 Å². The summed E-state index contributed by atoms with van der Waals surface area (Å²) in [6.45, 7) is 4.60. The number of hydrogen-bond donors (Lipinski definition) is 3. The summed E-state index contributed by atoms with van der Waals surface area (Å²) in [5, 5.41) is 12.7. The molecule has 0 unspecified atom stereocenters. The number of oxime groups is 1. The van der Waals surface area contributed by atoms with Gasteiger partial charge in [-0.3, -0.25) is 19.2 Å². The van der Waals surface area contributed by atoms with Crippen molar-refractivity contribution in [1.82, 2.24) is 15.6 Å². The number of ether oxygens (including phenoxy) is 1. The van der Waals surface area contributed by atoms with Gasteiger partial charge in [-0.2, -0.15) is 0 Å². The van der Waals surface area contributed by atoms with E-state index in [2.05, 4.69) is 26.1 Å². The first kappa shape index (κ1) is 21.6. The fourth-order valence-corrected chi connectivity index (χ4v) is 2.72. The van der Waals surface area contributed by atoms with Gasteiger partial charge in [0, 0.05) is 12.3 Å². The van der Waals surface area contributed by atoms with E-state index in [1.165, 1.54) is 12.3 Å². The van der Waals surface area contributed by atoms with Crippen LogP contribution < -0.4 is 16.0 Å². The molecular formula is C15H18ClN5O6S. The molecule has 1 aliphatic rings. The zero-order valence-electron chi connectivity index (χ0n) is 15.1. The topological polar surface area (TPSA) is 148 Å². The molecule has 152 valence electrons. The molecule has 0 saturated carbocycles. The van der Waals surface area contributed by atoms with Crippen molar-refractivity contribution in [1.29, 1.82) is 0 Å². The summed E-state index contributed by atoms with van der Waals surface area (Å²) in [6, 6.07) is -1.07. The lowest BCUT2D eigenvalue weighted by Gasteiger charge is -2.35. The first-order chi connectivity index (χ1) is 13.2. The Hall–Kier alpha value is -2.73. The minimum absolute atomic E-state index is 0.122. The standard InChI is InChI=1S/C15H18ClN5O6S/c1-6(2)27-21-10(8-5-28-15(17-8)18-9(23)4-16)12(24)19-11-13(25)20-14(11)26-7(3)22/h5-6,11,14H,4H2,1-3H3,(H,19,24)(H,20,25)(H,17,18,23)/t11-,14+/m1/s1. The zero-order chi connectivity index (χ0) is 20.8. The number of alkyl halides is 1. The molecule has 13 heteroatoms. The SMILES string of the molecule is CC(=O)O[C@@H]1NC(=O)[C@H]1NC(=O)C(=NOC(C)C)c1csc(NC(=O)CCl)n1. The molecule has 0 aliphatic carbocycles. The van der Waals surface area contributed by atoms with Crippen molar-refractivity contribution in [3.05, 3.63) is 11.1 Å². The monoisotopic (exact) mass is 431 g/mol. The van der Waals surface area contributed by atoms with Gasteiger partial charge in [0.25, 0.3) is 11.8 Å². The van der Waals surface area contributed by atoms with Gasteiger partial charge >= 0.3 is 5.97 Å². The molecule has 1 aromatic heterocycles. The fourth-order valence-electron chi connectivity index (χ4n) is 1.94. The minimum atomic E-state index is -1.07. The average molecular weight is 432 g/mol. The third-order valence-corrected chi connectivity index (χ3v) is 4.13. The Labute approximate surface area is 168 Å². The van der Waals surface area contributed by atoms with Crippen LogP contribution in [-0.2, 0) is 28.8 Å². The van der Waals surface area contributed by atoms with E-state index in [-0.39, 0.29) is 28.5 Å². The lowest BCUT2D eigenvalue weighted by atomic mass is 10.1. The van der Waals surface area contributed by atoms with Crippen molar-refractivity contribution < 1.29 is 28.8 Å². The van der Waals surface area contributed by atoms with Crippen molar-refractivity contribution in [3.63, 3.8) is 0 Å². The molecule has 1 aliphatic heterocycles.